The van der Waals surface area contributed by atoms with Crippen LogP contribution in [-0.4, -0.2) is 166 Å². The first-order chi connectivity index (χ1) is 40.8. The first kappa shape index (κ1) is 63.5. The molecule has 4 aromatic rings. The van der Waals surface area contributed by atoms with Crippen molar-refractivity contribution in [2.24, 2.45) is 0 Å². The zero-order valence-electron chi connectivity index (χ0n) is 49.8. The van der Waals surface area contributed by atoms with Crippen LogP contribution in [0.2, 0.25) is 0 Å². The van der Waals surface area contributed by atoms with E-state index in [4.69, 9.17) is 0 Å². The summed E-state index contributed by atoms with van der Waals surface area (Å²) in [6.45, 7) is 4.67. The number of hydrogen-bond acceptors (Lipinski definition) is 12. The maximum atomic E-state index is 14.7. The number of likely N-dealkylation sites (N-methyl/N-ethyl adjacent to an activating group) is 2. The third kappa shape index (κ3) is 16.7. The van der Waals surface area contributed by atoms with E-state index in [1.54, 1.807) is 33.7 Å². The number of nitrogens with zero attached hydrogens (tertiary/aromatic N) is 4. The van der Waals surface area contributed by atoms with Crippen molar-refractivity contribution in [3.05, 3.63) is 144 Å². The lowest BCUT2D eigenvalue weighted by Gasteiger charge is -2.40. The molecule has 18 heteroatoms. The fraction of sp³-hybridized carbons (Fsp3) is 0.545. The Morgan fingerprint density at radius 3 is 1.08 bits per heavy atom. The molecule has 6 amide bonds. The second-order valence-electron chi connectivity index (χ2n) is 23.6. The molecule has 8 N–H and O–H groups in total. The lowest BCUT2D eigenvalue weighted by atomic mass is 9.98. The summed E-state index contributed by atoms with van der Waals surface area (Å²) in [7, 11) is 3.47. The fourth-order valence-corrected chi connectivity index (χ4v) is 12.7. The smallest absolute Gasteiger partial charge is 0.243 e. The fourth-order valence-electron chi connectivity index (χ4n) is 12.7. The Morgan fingerprint density at radius 2 is 0.774 bits per heavy atom. The lowest BCUT2D eigenvalue weighted by molar-refractivity contribution is -0.147. The summed E-state index contributed by atoms with van der Waals surface area (Å²) in [5.74, 6) is -1.09. The van der Waals surface area contributed by atoms with Gasteiger partial charge in [-0.05, 0) is 102 Å². The van der Waals surface area contributed by atoms with Gasteiger partial charge in [0.25, 0.3) is 0 Å². The van der Waals surface area contributed by atoms with Gasteiger partial charge in [0.1, 0.15) is 36.6 Å². The number of carbonyl (C=O) groups is 6. The number of aliphatic hydroxyl groups excluding tert-OH is 2. The molecular formula is C66H92N10O8. The molecule has 4 fully saturated rings. The molecule has 18 nitrogen and oxygen atoms in total. The number of hydrogen-bond donors (Lipinski definition) is 8. The maximum Gasteiger partial charge on any atom is 0.243 e. The molecule has 0 aliphatic carbocycles. The predicted molar refractivity (Wildman–Crippen MR) is 325 cm³/mol. The van der Waals surface area contributed by atoms with Crippen molar-refractivity contribution in [3.63, 3.8) is 0 Å². The zero-order valence-corrected chi connectivity index (χ0v) is 49.8. The van der Waals surface area contributed by atoms with E-state index in [1.807, 2.05) is 135 Å². The van der Waals surface area contributed by atoms with Crippen LogP contribution in [0, 0.1) is 0 Å². The van der Waals surface area contributed by atoms with Gasteiger partial charge in [-0.1, -0.05) is 160 Å². The molecule has 4 saturated heterocycles. The molecule has 2 unspecified atom stereocenters. The van der Waals surface area contributed by atoms with Gasteiger partial charge < -0.3 is 51.1 Å². The number of unbranched alkanes of at least 4 members (excludes halogenated alkanes) is 7. The minimum atomic E-state index is -1.08. The Kier molecular flexibility index (Phi) is 23.8. The molecule has 8 rings (SSSR count). The molecule has 4 aromatic carbocycles. The average molecular weight is 1150 g/mol. The van der Waals surface area contributed by atoms with Gasteiger partial charge in [-0.3, -0.25) is 39.4 Å². The van der Waals surface area contributed by atoms with Crippen LogP contribution >= 0.6 is 0 Å². The summed E-state index contributed by atoms with van der Waals surface area (Å²) < 4.78 is 0. The van der Waals surface area contributed by atoms with Crippen molar-refractivity contribution in [2.75, 3.05) is 40.3 Å². The average Bonchev–Trinajstić information content (AvgIpc) is 3.08. The highest BCUT2D eigenvalue weighted by molar-refractivity contribution is 5.93. The van der Waals surface area contributed by atoms with Crippen molar-refractivity contribution in [3.8, 4) is 0 Å². The Bertz CT molecular complexity index is 2460. The van der Waals surface area contributed by atoms with Gasteiger partial charge in [-0.25, -0.2) is 0 Å². The number of rotatable bonds is 27. The lowest BCUT2D eigenvalue weighted by Crippen LogP contribution is -2.63. The Hall–Kier alpha value is -6.54. The van der Waals surface area contributed by atoms with Gasteiger partial charge in [-0.15, -0.1) is 0 Å². The summed E-state index contributed by atoms with van der Waals surface area (Å²) in [4.78, 5) is 92.8. The van der Waals surface area contributed by atoms with E-state index in [-0.39, 0.29) is 72.7 Å². The first-order valence-electron chi connectivity index (χ1n) is 31.0. The van der Waals surface area contributed by atoms with E-state index in [2.05, 4.69) is 31.9 Å². The van der Waals surface area contributed by atoms with Crippen molar-refractivity contribution < 1.29 is 39.0 Å². The van der Waals surface area contributed by atoms with Crippen molar-refractivity contribution >= 4 is 35.4 Å². The van der Waals surface area contributed by atoms with E-state index in [0.717, 1.165) is 60.8 Å². The second-order valence-corrected chi connectivity index (χ2v) is 23.6. The highest BCUT2D eigenvalue weighted by Crippen LogP contribution is 2.34. The largest absolute Gasteiger partial charge is 0.377 e. The van der Waals surface area contributed by atoms with E-state index in [1.165, 1.54) is 0 Å². The molecule has 0 bridgehead atoms. The maximum absolute atomic E-state index is 14.7. The predicted octanol–water partition coefficient (Wildman–Crippen LogP) is 5.65. The number of nitrogens with one attached hydrogen (secondary N) is 6. The highest BCUT2D eigenvalue weighted by atomic mass is 16.3. The van der Waals surface area contributed by atoms with E-state index in [9.17, 15) is 39.0 Å². The van der Waals surface area contributed by atoms with Gasteiger partial charge in [-0.2, -0.15) is 0 Å². The molecule has 0 radical (unpaired) electrons. The van der Waals surface area contributed by atoms with E-state index < -0.39 is 48.7 Å². The number of carbonyl (C=O) groups excluding carboxylic acids is 6. The summed E-state index contributed by atoms with van der Waals surface area (Å²) >= 11 is 0. The summed E-state index contributed by atoms with van der Waals surface area (Å²) in [5, 5.41) is 41.2. The van der Waals surface area contributed by atoms with Crippen LogP contribution in [0.25, 0.3) is 0 Å². The Balaban J connectivity index is 0.782. The van der Waals surface area contributed by atoms with Gasteiger partial charge in [0.15, 0.2) is 0 Å². The summed E-state index contributed by atoms with van der Waals surface area (Å²) in [6, 6.07) is 33.9. The summed E-state index contributed by atoms with van der Waals surface area (Å²) in [6.07, 6.45) is 9.03. The SMILES string of the molecule is CN[C@@H](C)C(O)N[C@H]1CN(C(=O)CCCCCCCCCCC(=O)N2CC[C@H]3CC[C@@H](C(=O)NC(c4ccccc4)c4ccccc4)N3C(=O)[C@@H](NC(O)[C@H](C)NC)C2)CC[C@H]2CC[C@@H](C(=O)NC(c3ccccc3)c3ccccc3)N2C1=O. The molecule has 0 saturated carbocycles. The Labute approximate surface area is 497 Å². The quantitative estimate of drug-likeness (QED) is 0.0268. The number of fused-ring (bicyclic) bond motifs is 2. The normalized spacial score (nSPS) is 22.5. The molecule has 0 spiro atoms. The minimum absolute atomic E-state index is 0.0242. The molecule has 4 heterocycles. The number of aliphatic hydroxyl groups is 2. The molecule has 4 aliphatic heterocycles. The molecular weight excluding hydrogens is 1060 g/mol. The molecule has 4 aliphatic rings. The molecule has 454 valence electrons. The van der Waals surface area contributed by atoms with Crippen molar-refractivity contribution in [1.29, 1.82) is 0 Å². The van der Waals surface area contributed by atoms with Crippen molar-refractivity contribution in [2.45, 2.75) is 189 Å². The Morgan fingerprint density at radius 1 is 0.464 bits per heavy atom. The number of amides is 6. The van der Waals surface area contributed by atoms with Crippen molar-refractivity contribution in [1.82, 2.24) is 51.5 Å². The monoisotopic (exact) mass is 1150 g/mol. The minimum Gasteiger partial charge on any atom is -0.377 e. The zero-order chi connectivity index (χ0) is 59.5. The third-order valence-corrected chi connectivity index (χ3v) is 17.9. The van der Waals surface area contributed by atoms with Crippen LogP contribution < -0.4 is 31.9 Å². The van der Waals surface area contributed by atoms with Gasteiger partial charge in [0.05, 0.1) is 12.1 Å². The first-order valence-corrected chi connectivity index (χ1v) is 31.0. The third-order valence-electron chi connectivity index (χ3n) is 17.9. The van der Waals surface area contributed by atoms with E-state index >= 15 is 0 Å². The highest BCUT2D eigenvalue weighted by Gasteiger charge is 2.48. The molecule has 10 atom stereocenters. The second kappa shape index (κ2) is 31.6. The van der Waals surface area contributed by atoms with Gasteiger partial charge in [0.2, 0.25) is 35.4 Å². The molecule has 84 heavy (non-hydrogen) atoms. The number of benzene rings is 4. The van der Waals surface area contributed by atoms with Crippen LogP contribution in [0.5, 0.6) is 0 Å². The van der Waals surface area contributed by atoms with Crippen LogP contribution in [0.4, 0.5) is 0 Å². The van der Waals surface area contributed by atoms with Gasteiger partial charge >= 0.3 is 0 Å². The topological polar surface area (TPSA) is 228 Å². The van der Waals surface area contributed by atoms with Crippen LogP contribution in [0.1, 0.15) is 151 Å². The van der Waals surface area contributed by atoms with Crippen LogP contribution in [0.15, 0.2) is 121 Å². The standard InChI is InChI=1S/C66H92N10O8/c1-45(67-3)61(79)69-53-43-73(41-39-51-35-37-55(75(51)65(53)83)63(81)71-59(47-25-15-11-16-26-47)48-27-17-12-18-28-48)57(77)33-23-9-7-5-6-8-10-24-34-58(78)74-42-40-52-36-38-56(76(52)66(84)54(44-74)70-62(80)46(2)68-4)64(82)72-60(49-29-19-13-20-30-49)50-31-21-14-22-32-50/h11-22,25-32,45-46,51-56,59-62,67-70,79-80H,5-10,23-24,33-44H2,1-4H3,(H,71,81)(H,72,82)/t45-,46-,51+,52+,53-,54-,55-,56-,61?,62?/m0/s1. The van der Waals surface area contributed by atoms with Crippen LogP contribution in [0.3, 0.4) is 0 Å². The molecule has 0 aromatic heterocycles. The van der Waals surface area contributed by atoms with Gasteiger partial charge in [0, 0.05) is 63.2 Å². The summed E-state index contributed by atoms with van der Waals surface area (Å²) in [5.41, 5.74) is 3.74. The van der Waals surface area contributed by atoms with E-state index in [0.29, 0.717) is 77.3 Å². The van der Waals surface area contributed by atoms with Crippen LogP contribution in [-0.2, 0) is 28.8 Å².